The van der Waals surface area contributed by atoms with E-state index in [2.05, 4.69) is 42.7 Å². The largest absolute Gasteiger partial charge is 0.340 e. The normalized spacial score (nSPS) is 10.3. The van der Waals surface area contributed by atoms with Crippen molar-refractivity contribution >= 4 is 33.3 Å². The molecule has 0 bridgehead atoms. The predicted octanol–water partition coefficient (Wildman–Crippen LogP) is 3.14. The van der Waals surface area contributed by atoms with Gasteiger partial charge in [0.05, 0.1) is 0 Å². The second kappa shape index (κ2) is 5.99. The minimum Gasteiger partial charge on any atom is -0.340 e. The van der Waals surface area contributed by atoms with E-state index in [1.807, 2.05) is 26.0 Å². The molecule has 0 atom stereocenters. The first-order valence-electron chi connectivity index (χ1n) is 5.99. The molecule has 5 nitrogen and oxygen atoms in total. The summed E-state index contributed by atoms with van der Waals surface area (Å²) in [6.45, 7) is 4.08. The Morgan fingerprint density at radius 2 is 2.00 bits per heavy atom. The van der Waals surface area contributed by atoms with Crippen molar-refractivity contribution in [2.45, 2.75) is 20.3 Å². The van der Waals surface area contributed by atoms with Gasteiger partial charge in [0.25, 0.3) is 0 Å². The number of benzene rings is 1. The van der Waals surface area contributed by atoms with Crippen LogP contribution in [0.3, 0.4) is 0 Å². The van der Waals surface area contributed by atoms with E-state index in [1.165, 1.54) is 6.33 Å². The molecule has 0 amide bonds. The van der Waals surface area contributed by atoms with Crippen LogP contribution in [0.15, 0.2) is 29.0 Å². The summed E-state index contributed by atoms with van der Waals surface area (Å²) in [5.41, 5.74) is 5.70. The van der Waals surface area contributed by atoms with Crippen LogP contribution in [0.4, 0.5) is 17.3 Å². The van der Waals surface area contributed by atoms with Gasteiger partial charge in [-0.3, -0.25) is 0 Å². The van der Waals surface area contributed by atoms with E-state index in [0.717, 1.165) is 33.5 Å². The zero-order valence-corrected chi connectivity index (χ0v) is 12.5. The molecule has 0 saturated carbocycles. The van der Waals surface area contributed by atoms with Crippen molar-refractivity contribution in [3.05, 3.63) is 40.1 Å². The first-order chi connectivity index (χ1) is 9.15. The van der Waals surface area contributed by atoms with Gasteiger partial charge in [-0.1, -0.05) is 22.9 Å². The van der Waals surface area contributed by atoms with Crippen LogP contribution in [-0.4, -0.2) is 9.97 Å². The van der Waals surface area contributed by atoms with E-state index in [4.69, 9.17) is 5.84 Å². The number of nitrogens with one attached hydrogen (secondary N) is 2. The molecule has 1 aromatic heterocycles. The van der Waals surface area contributed by atoms with Crippen molar-refractivity contribution in [2.24, 2.45) is 5.84 Å². The molecule has 0 radical (unpaired) electrons. The Balaban J connectivity index is 2.35. The van der Waals surface area contributed by atoms with E-state index >= 15 is 0 Å². The number of rotatable bonds is 4. The number of hydrazine groups is 1. The lowest BCUT2D eigenvalue weighted by atomic mass is 10.2. The minimum atomic E-state index is 0.647. The third kappa shape index (κ3) is 3.02. The zero-order valence-electron chi connectivity index (χ0n) is 10.9. The molecule has 2 aromatic rings. The SMILES string of the molecule is CCc1c(NN)ncnc1Nc1ccc(Br)c(C)c1. The fraction of sp³-hybridized carbons (Fsp3) is 0.231. The topological polar surface area (TPSA) is 75.9 Å². The monoisotopic (exact) mass is 321 g/mol. The summed E-state index contributed by atoms with van der Waals surface area (Å²) in [6.07, 6.45) is 2.28. The molecule has 6 heteroatoms. The number of nitrogens with zero attached hydrogens (tertiary/aromatic N) is 2. The molecule has 19 heavy (non-hydrogen) atoms. The quantitative estimate of drug-likeness (QED) is 0.595. The standard InChI is InChI=1S/C13H16BrN5/c1-3-10-12(16-7-17-13(10)19-15)18-9-4-5-11(14)8(2)6-9/h4-7H,3,15H2,1-2H3,(H2,16,17,18,19). The molecule has 4 N–H and O–H groups in total. The van der Waals surface area contributed by atoms with Crippen LogP contribution in [0, 0.1) is 6.92 Å². The molecule has 0 saturated heterocycles. The van der Waals surface area contributed by atoms with E-state index in [-0.39, 0.29) is 0 Å². The maximum absolute atomic E-state index is 5.46. The molecule has 0 aliphatic heterocycles. The first-order valence-corrected chi connectivity index (χ1v) is 6.78. The Labute approximate surface area is 120 Å². The molecule has 0 fully saturated rings. The Hall–Kier alpha value is -1.66. The summed E-state index contributed by atoms with van der Waals surface area (Å²) in [6, 6.07) is 6.06. The van der Waals surface area contributed by atoms with Crippen molar-refractivity contribution in [1.29, 1.82) is 0 Å². The van der Waals surface area contributed by atoms with Crippen molar-refractivity contribution in [3.63, 3.8) is 0 Å². The van der Waals surface area contributed by atoms with Gasteiger partial charge < -0.3 is 10.7 Å². The van der Waals surface area contributed by atoms with Crippen LogP contribution in [0.5, 0.6) is 0 Å². The number of halogens is 1. The molecule has 0 spiro atoms. The van der Waals surface area contributed by atoms with Crippen LogP contribution < -0.4 is 16.6 Å². The number of anilines is 3. The molecular weight excluding hydrogens is 306 g/mol. The fourth-order valence-corrected chi connectivity index (χ4v) is 2.09. The Morgan fingerprint density at radius 1 is 1.26 bits per heavy atom. The van der Waals surface area contributed by atoms with Gasteiger partial charge in [-0.2, -0.15) is 0 Å². The summed E-state index contributed by atoms with van der Waals surface area (Å²) in [7, 11) is 0. The lowest BCUT2D eigenvalue weighted by Crippen LogP contribution is -2.13. The zero-order chi connectivity index (χ0) is 13.8. The second-order valence-electron chi connectivity index (χ2n) is 4.14. The number of nitrogen functional groups attached to an aromatic ring is 1. The summed E-state index contributed by atoms with van der Waals surface area (Å²) in [4.78, 5) is 8.38. The molecule has 1 aromatic carbocycles. The third-order valence-corrected chi connectivity index (χ3v) is 3.75. The van der Waals surface area contributed by atoms with Gasteiger partial charge in [0.2, 0.25) is 0 Å². The highest BCUT2D eigenvalue weighted by Crippen LogP contribution is 2.26. The molecule has 2 rings (SSSR count). The highest BCUT2D eigenvalue weighted by atomic mass is 79.9. The lowest BCUT2D eigenvalue weighted by Gasteiger charge is -2.13. The summed E-state index contributed by atoms with van der Waals surface area (Å²) < 4.78 is 1.08. The number of hydrogen-bond acceptors (Lipinski definition) is 5. The van der Waals surface area contributed by atoms with E-state index in [9.17, 15) is 0 Å². The summed E-state index contributed by atoms with van der Waals surface area (Å²) >= 11 is 3.49. The van der Waals surface area contributed by atoms with Crippen LogP contribution in [0.25, 0.3) is 0 Å². The lowest BCUT2D eigenvalue weighted by molar-refractivity contribution is 1.04. The van der Waals surface area contributed by atoms with Gasteiger partial charge in [0, 0.05) is 15.7 Å². The molecule has 100 valence electrons. The average Bonchev–Trinajstić information content (AvgIpc) is 2.42. The first kappa shape index (κ1) is 13.8. The van der Waals surface area contributed by atoms with Crippen LogP contribution in [0.2, 0.25) is 0 Å². The number of aryl methyl sites for hydroxylation is 1. The molecule has 0 unspecified atom stereocenters. The number of hydrogen-bond donors (Lipinski definition) is 3. The summed E-state index contributed by atoms with van der Waals surface area (Å²) in [5, 5.41) is 3.30. The van der Waals surface area contributed by atoms with Gasteiger partial charge >= 0.3 is 0 Å². The Bertz CT molecular complexity index is 585. The highest BCUT2D eigenvalue weighted by Gasteiger charge is 2.09. The third-order valence-electron chi connectivity index (χ3n) is 2.86. The van der Waals surface area contributed by atoms with Crippen molar-refractivity contribution in [1.82, 2.24) is 9.97 Å². The van der Waals surface area contributed by atoms with Gasteiger partial charge in [-0.05, 0) is 37.1 Å². The highest BCUT2D eigenvalue weighted by molar-refractivity contribution is 9.10. The second-order valence-corrected chi connectivity index (χ2v) is 4.99. The van der Waals surface area contributed by atoms with Gasteiger partial charge in [0.1, 0.15) is 18.0 Å². The molecule has 1 heterocycles. The van der Waals surface area contributed by atoms with Crippen molar-refractivity contribution in [2.75, 3.05) is 10.7 Å². The Kier molecular flexibility index (Phi) is 4.34. The molecule has 0 aliphatic carbocycles. The molecular formula is C13H16BrN5. The maximum Gasteiger partial charge on any atom is 0.148 e. The predicted molar refractivity (Wildman–Crippen MR) is 81.4 cm³/mol. The fourth-order valence-electron chi connectivity index (χ4n) is 1.84. The Morgan fingerprint density at radius 3 is 2.63 bits per heavy atom. The van der Waals surface area contributed by atoms with Gasteiger partial charge in [-0.15, -0.1) is 0 Å². The summed E-state index contributed by atoms with van der Waals surface area (Å²) in [5.74, 6) is 6.88. The number of nitrogens with two attached hydrogens (primary N) is 1. The van der Waals surface area contributed by atoms with E-state index < -0.39 is 0 Å². The smallest absolute Gasteiger partial charge is 0.148 e. The van der Waals surface area contributed by atoms with Crippen LogP contribution >= 0.6 is 15.9 Å². The van der Waals surface area contributed by atoms with Gasteiger partial charge in [0.15, 0.2) is 0 Å². The van der Waals surface area contributed by atoms with Crippen LogP contribution in [-0.2, 0) is 6.42 Å². The van der Waals surface area contributed by atoms with E-state index in [0.29, 0.717) is 5.82 Å². The molecule has 0 aliphatic rings. The minimum absolute atomic E-state index is 0.647. The number of aromatic nitrogens is 2. The maximum atomic E-state index is 5.46. The van der Waals surface area contributed by atoms with Gasteiger partial charge in [-0.25, -0.2) is 15.8 Å². The van der Waals surface area contributed by atoms with Crippen LogP contribution in [0.1, 0.15) is 18.1 Å². The van der Waals surface area contributed by atoms with E-state index in [1.54, 1.807) is 0 Å². The average molecular weight is 322 g/mol. The van der Waals surface area contributed by atoms with Crippen molar-refractivity contribution < 1.29 is 0 Å². The van der Waals surface area contributed by atoms with Crippen molar-refractivity contribution in [3.8, 4) is 0 Å².